The van der Waals surface area contributed by atoms with Crippen LogP contribution >= 0.6 is 0 Å². The standard InChI is InChI=1S/C8H16N2O/c1-6-4-9-5-8(10-6)3-7(2)11/h6,8-10H,3-5H2,1-2H3/t6-,8+/m1/s1. The van der Waals surface area contributed by atoms with Gasteiger partial charge in [-0.25, -0.2) is 0 Å². The number of nitrogens with one attached hydrogen (secondary N) is 2. The topological polar surface area (TPSA) is 41.1 Å². The maximum Gasteiger partial charge on any atom is 0.131 e. The fourth-order valence-corrected chi connectivity index (χ4v) is 1.47. The van der Waals surface area contributed by atoms with Gasteiger partial charge < -0.3 is 10.6 Å². The van der Waals surface area contributed by atoms with E-state index in [1.165, 1.54) is 0 Å². The molecule has 0 aromatic carbocycles. The van der Waals surface area contributed by atoms with Gasteiger partial charge in [-0.05, 0) is 13.8 Å². The van der Waals surface area contributed by atoms with Crippen LogP contribution in [0, 0.1) is 0 Å². The maximum atomic E-state index is 10.8. The van der Waals surface area contributed by atoms with Crippen molar-refractivity contribution in [3.05, 3.63) is 0 Å². The number of carbonyl (C=O) groups excluding carboxylic acids is 1. The Kier molecular flexibility index (Phi) is 3.02. The fraction of sp³-hybridized carbons (Fsp3) is 0.875. The predicted molar refractivity (Wildman–Crippen MR) is 44.6 cm³/mol. The van der Waals surface area contributed by atoms with Crippen LogP contribution in [0.25, 0.3) is 0 Å². The van der Waals surface area contributed by atoms with Crippen molar-refractivity contribution < 1.29 is 4.79 Å². The largest absolute Gasteiger partial charge is 0.314 e. The van der Waals surface area contributed by atoms with E-state index in [2.05, 4.69) is 17.6 Å². The molecular weight excluding hydrogens is 140 g/mol. The molecule has 0 saturated carbocycles. The minimum atomic E-state index is 0.262. The first kappa shape index (κ1) is 8.68. The van der Waals surface area contributed by atoms with Gasteiger partial charge in [-0.15, -0.1) is 0 Å². The van der Waals surface area contributed by atoms with Gasteiger partial charge in [0.15, 0.2) is 0 Å². The molecule has 0 amide bonds. The summed E-state index contributed by atoms with van der Waals surface area (Å²) in [4.78, 5) is 10.8. The van der Waals surface area contributed by atoms with Crippen molar-refractivity contribution in [3.8, 4) is 0 Å². The molecule has 1 aliphatic rings. The van der Waals surface area contributed by atoms with Crippen molar-refractivity contribution in [3.63, 3.8) is 0 Å². The number of piperazine rings is 1. The minimum Gasteiger partial charge on any atom is -0.314 e. The summed E-state index contributed by atoms with van der Waals surface area (Å²) in [6, 6.07) is 0.837. The highest BCUT2D eigenvalue weighted by atomic mass is 16.1. The molecule has 2 N–H and O–H groups in total. The van der Waals surface area contributed by atoms with E-state index in [0.717, 1.165) is 13.1 Å². The Morgan fingerprint density at radius 1 is 1.55 bits per heavy atom. The second-order valence-corrected chi connectivity index (χ2v) is 3.33. The molecule has 64 valence electrons. The van der Waals surface area contributed by atoms with E-state index in [0.29, 0.717) is 18.5 Å². The zero-order chi connectivity index (χ0) is 8.27. The van der Waals surface area contributed by atoms with Gasteiger partial charge in [-0.2, -0.15) is 0 Å². The van der Waals surface area contributed by atoms with Crippen LogP contribution in [0.15, 0.2) is 0 Å². The first-order valence-electron chi connectivity index (χ1n) is 4.14. The summed E-state index contributed by atoms with van der Waals surface area (Å²) in [6.45, 7) is 5.69. The van der Waals surface area contributed by atoms with Crippen molar-refractivity contribution in [1.29, 1.82) is 0 Å². The molecule has 1 rings (SSSR count). The molecule has 0 aromatic heterocycles. The van der Waals surface area contributed by atoms with Gasteiger partial charge in [0.1, 0.15) is 5.78 Å². The van der Waals surface area contributed by atoms with Crippen molar-refractivity contribution in [1.82, 2.24) is 10.6 Å². The Morgan fingerprint density at radius 3 is 2.82 bits per heavy atom. The third-order valence-electron chi connectivity index (χ3n) is 1.90. The zero-order valence-corrected chi connectivity index (χ0v) is 7.18. The predicted octanol–water partition coefficient (Wildman–Crippen LogP) is -0.0846. The second kappa shape index (κ2) is 3.83. The molecule has 1 heterocycles. The molecule has 1 fully saturated rings. The van der Waals surface area contributed by atoms with Crippen LogP contribution in [0.1, 0.15) is 20.3 Å². The third kappa shape index (κ3) is 2.99. The van der Waals surface area contributed by atoms with E-state index >= 15 is 0 Å². The van der Waals surface area contributed by atoms with E-state index < -0.39 is 0 Å². The fourth-order valence-electron chi connectivity index (χ4n) is 1.47. The number of hydrogen-bond acceptors (Lipinski definition) is 3. The summed E-state index contributed by atoms with van der Waals surface area (Å²) in [5.74, 6) is 0.262. The zero-order valence-electron chi connectivity index (χ0n) is 7.18. The van der Waals surface area contributed by atoms with Crippen LogP contribution in [-0.4, -0.2) is 31.0 Å². The van der Waals surface area contributed by atoms with E-state index in [9.17, 15) is 4.79 Å². The maximum absolute atomic E-state index is 10.8. The van der Waals surface area contributed by atoms with Crippen LogP contribution in [0.5, 0.6) is 0 Å². The van der Waals surface area contributed by atoms with Gasteiger partial charge >= 0.3 is 0 Å². The summed E-state index contributed by atoms with van der Waals surface area (Å²) >= 11 is 0. The molecule has 0 aliphatic carbocycles. The van der Waals surface area contributed by atoms with Crippen molar-refractivity contribution >= 4 is 5.78 Å². The van der Waals surface area contributed by atoms with Crippen LogP contribution in [0.2, 0.25) is 0 Å². The lowest BCUT2D eigenvalue weighted by molar-refractivity contribution is -0.117. The summed E-state index contributed by atoms with van der Waals surface area (Å²) in [6.07, 6.45) is 0.650. The summed E-state index contributed by atoms with van der Waals surface area (Å²) in [5.41, 5.74) is 0. The first-order chi connectivity index (χ1) is 5.18. The normalized spacial score (nSPS) is 31.8. The Bertz CT molecular complexity index is 147. The van der Waals surface area contributed by atoms with Crippen LogP contribution in [0.4, 0.5) is 0 Å². The van der Waals surface area contributed by atoms with Gasteiger partial charge in [-0.3, -0.25) is 4.79 Å². The van der Waals surface area contributed by atoms with Gasteiger partial charge in [0.25, 0.3) is 0 Å². The molecule has 0 bridgehead atoms. The van der Waals surface area contributed by atoms with E-state index in [-0.39, 0.29) is 5.78 Å². The molecule has 0 aromatic rings. The molecule has 2 atom stereocenters. The lowest BCUT2D eigenvalue weighted by atomic mass is 10.1. The second-order valence-electron chi connectivity index (χ2n) is 3.33. The summed E-state index contributed by atoms with van der Waals surface area (Å²) < 4.78 is 0. The van der Waals surface area contributed by atoms with E-state index in [4.69, 9.17) is 0 Å². The molecule has 0 spiro atoms. The highest BCUT2D eigenvalue weighted by molar-refractivity contribution is 5.76. The van der Waals surface area contributed by atoms with Crippen molar-refractivity contribution in [2.75, 3.05) is 13.1 Å². The lowest BCUT2D eigenvalue weighted by Crippen LogP contribution is -2.54. The number of ketones is 1. The average molecular weight is 156 g/mol. The number of hydrogen-bond donors (Lipinski definition) is 2. The molecule has 0 unspecified atom stereocenters. The average Bonchev–Trinajstić information content (AvgIpc) is 1.85. The van der Waals surface area contributed by atoms with Gasteiger partial charge in [0.05, 0.1) is 0 Å². The quantitative estimate of drug-likeness (QED) is 0.587. The first-order valence-corrected chi connectivity index (χ1v) is 4.14. The Morgan fingerprint density at radius 2 is 2.27 bits per heavy atom. The van der Waals surface area contributed by atoms with Crippen molar-refractivity contribution in [2.24, 2.45) is 0 Å². The Hall–Kier alpha value is -0.410. The summed E-state index contributed by atoms with van der Waals surface area (Å²) in [5, 5.41) is 6.64. The molecule has 1 aliphatic heterocycles. The highest BCUT2D eigenvalue weighted by Gasteiger charge is 2.17. The molecule has 0 radical (unpaired) electrons. The molecule has 3 heteroatoms. The molecular formula is C8H16N2O. The minimum absolute atomic E-state index is 0.262. The molecule has 11 heavy (non-hydrogen) atoms. The van der Waals surface area contributed by atoms with Gasteiger partial charge in [0.2, 0.25) is 0 Å². The SMILES string of the molecule is CC(=O)C[C@H]1CNC[C@@H](C)N1. The molecule has 3 nitrogen and oxygen atoms in total. The van der Waals surface area contributed by atoms with E-state index in [1.807, 2.05) is 0 Å². The Labute approximate surface area is 67.5 Å². The molecule has 1 saturated heterocycles. The Balaban J connectivity index is 2.28. The van der Waals surface area contributed by atoms with Crippen molar-refractivity contribution in [2.45, 2.75) is 32.4 Å². The summed E-state index contributed by atoms with van der Waals surface area (Å²) in [7, 11) is 0. The van der Waals surface area contributed by atoms with Crippen LogP contribution < -0.4 is 10.6 Å². The third-order valence-corrected chi connectivity index (χ3v) is 1.90. The van der Waals surface area contributed by atoms with Crippen LogP contribution in [-0.2, 0) is 4.79 Å². The monoisotopic (exact) mass is 156 g/mol. The van der Waals surface area contributed by atoms with Gasteiger partial charge in [-0.1, -0.05) is 0 Å². The van der Waals surface area contributed by atoms with Crippen LogP contribution in [0.3, 0.4) is 0 Å². The smallest absolute Gasteiger partial charge is 0.131 e. The van der Waals surface area contributed by atoms with E-state index in [1.54, 1.807) is 6.92 Å². The number of Topliss-reactive ketones (excluding diaryl/α,β-unsaturated/α-hetero) is 1. The number of rotatable bonds is 2. The lowest BCUT2D eigenvalue weighted by Gasteiger charge is -2.28. The highest BCUT2D eigenvalue weighted by Crippen LogP contribution is 1.98. The van der Waals surface area contributed by atoms with Gasteiger partial charge in [0, 0.05) is 31.6 Å². The number of carbonyl (C=O) groups is 1.